The number of amides is 2. The van der Waals surface area contributed by atoms with Crippen LogP contribution < -0.4 is 16.1 Å². The molecule has 0 fully saturated rings. The van der Waals surface area contributed by atoms with Crippen LogP contribution >= 0.6 is 11.6 Å². The van der Waals surface area contributed by atoms with Crippen LogP contribution in [0.15, 0.2) is 77.7 Å². The fourth-order valence-corrected chi connectivity index (χ4v) is 4.24. The molecule has 4 rings (SSSR count). The van der Waals surface area contributed by atoms with Gasteiger partial charge >= 0.3 is 0 Å². The van der Waals surface area contributed by atoms with Crippen LogP contribution in [0.4, 0.5) is 4.39 Å². The molecule has 1 heterocycles. The minimum absolute atomic E-state index is 0.0609. The van der Waals surface area contributed by atoms with Crippen molar-refractivity contribution in [3.8, 4) is 0 Å². The standard InChI is InChI=1S/C29H27ClFN3O3/c1-18-3-12-24-26(15-18)34(17-27(35)32-14-13-20-4-8-22(30)9-5-20)16-25(28(24)36)29(37)33-19(2)21-6-10-23(31)11-7-21/h3-12,15-16,19H,13-14,17H2,1-2H3,(H,32,35)(H,33,37)/t19-/m0/s1. The zero-order chi connectivity index (χ0) is 26.5. The predicted molar refractivity (Wildman–Crippen MR) is 143 cm³/mol. The number of carbonyl (C=O) groups is 2. The van der Waals surface area contributed by atoms with Crippen LogP contribution in [0.2, 0.25) is 5.02 Å². The molecule has 37 heavy (non-hydrogen) atoms. The molecule has 4 aromatic rings. The smallest absolute Gasteiger partial charge is 0.257 e. The molecule has 0 saturated carbocycles. The van der Waals surface area contributed by atoms with Gasteiger partial charge in [0.25, 0.3) is 5.91 Å². The molecular weight excluding hydrogens is 493 g/mol. The summed E-state index contributed by atoms with van der Waals surface area (Å²) in [4.78, 5) is 39.1. The Bertz CT molecular complexity index is 1500. The second kappa shape index (κ2) is 11.4. The van der Waals surface area contributed by atoms with Gasteiger partial charge in [0.1, 0.15) is 17.9 Å². The van der Waals surface area contributed by atoms with Gasteiger partial charge in [0.15, 0.2) is 0 Å². The number of carbonyl (C=O) groups excluding carboxylic acids is 2. The van der Waals surface area contributed by atoms with E-state index in [0.29, 0.717) is 34.5 Å². The quantitative estimate of drug-likeness (QED) is 0.345. The number of nitrogens with one attached hydrogen (secondary N) is 2. The molecular formula is C29H27ClFN3O3. The van der Waals surface area contributed by atoms with Crippen LogP contribution in [0.3, 0.4) is 0 Å². The summed E-state index contributed by atoms with van der Waals surface area (Å²) in [6.45, 7) is 4.02. The maximum absolute atomic E-state index is 13.3. The van der Waals surface area contributed by atoms with E-state index in [-0.39, 0.29) is 23.8 Å². The second-order valence-electron chi connectivity index (χ2n) is 8.99. The van der Waals surface area contributed by atoms with E-state index in [1.54, 1.807) is 47.9 Å². The Hall–Kier alpha value is -3.97. The van der Waals surface area contributed by atoms with E-state index in [2.05, 4.69) is 10.6 Å². The number of rotatable bonds is 8. The monoisotopic (exact) mass is 519 g/mol. The lowest BCUT2D eigenvalue weighted by atomic mass is 10.1. The first-order valence-corrected chi connectivity index (χ1v) is 12.3. The fraction of sp³-hybridized carbons (Fsp3) is 0.207. The summed E-state index contributed by atoms with van der Waals surface area (Å²) >= 11 is 5.92. The minimum Gasteiger partial charge on any atom is -0.354 e. The highest BCUT2D eigenvalue weighted by Crippen LogP contribution is 2.17. The van der Waals surface area contributed by atoms with Gasteiger partial charge in [-0.3, -0.25) is 14.4 Å². The summed E-state index contributed by atoms with van der Waals surface area (Å²) in [5.41, 5.74) is 2.75. The van der Waals surface area contributed by atoms with E-state index in [9.17, 15) is 18.8 Å². The Morgan fingerprint density at radius 1 is 1.03 bits per heavy atom. The lowest BCUT2D eigenvalue weighted by Gasteiger charge is -2.17. The fourth-order valence-electron chi connectivity index (χ4n) is 4.11. The van der Waals surface area contributed by atoms with E-state index in [1.165, 1.54) is 18.3 Å². The zero-order valence-electron chi connectivity index (χ0n) is 20.6. The Morgan fingerprint density at radius 2 is 1.73 bits per heavy atom. The van der Waals surface area contributed by atoms with Crippen molar-refractivity contribution in [3.63, 3.8) is 0 Å². The van der Waals surface area contributed by atoms with Crippen molar-refractivity contribution in [2.45, 2.75) is 32.9 Å². The van der Waals surface area contributed by atoms with Gasteiger partial charge in [-0.15, -0.1) is 0 Å². The Kier molecular flexibility index (Phi) is 8.04. The third-order valence-corrected chi connectivity index (χ3v) is 6.41. The minimum atomic E-state index is -0.568. The maximum atomic E-state index is 13.3. The molecule has 0 aliphatic heterocycles. The molecule has 6 nitrogen and oxygen atoms in total. The topological polar surface area (TPSA) is 80.2 Å². The lowest BCUT2D eigenvalue weighted by Crippen LogP contribution is -2.33. The van der Waals surface area contributed by atoms with Crippen LogP contribution in [-0.2, 0) is 17.8 Å². The number of halogens is 2. The molecule has 3 aromatic carbocycles. The molecule has 190 valence electrons. The first-order chi connectivity index (χ1) is 17.7. The largest absolute Gasteiger partial charge is 0.354 e. The molecule has 0 aliphatic rings. The van der Waals surface area contributed by atoms with Gasteiger partial charge in [0.2, 0.25) is 11.3 Å². The van der Waals surface area contributed by atoms with E-state index < -0.39 is 17.4 Å². The van der Waals surface area contributed by atoms with Crippen molar-refractivity contribution >= 4 is 34.3 Å². The Morgan fingerprint density at radius 3 is 2.43 bits per heavy atom. The third-order valence-electron chi connectivity index (χ3n) is 6.16. The number of benzene rings is 3. The number of aryl methyl sites for hydroxylation is 1. The average Bonchev–Trinajstić information content (AvgIpc) is 2.87. The number of hydrogen-bond acceptors (Lipinski definition) is 3. The summed E-state index contributed by atoms with van der Waals surface area (Å²) in [6, 6.07) is 18.0. The summed E-state index contributed by atoms with van der Waals surface area (Å²) in [7, 11) is 0. The average molecular weight is 520 g/mol. The molecule has 0 aliphatic carbocycles. The Labute approximate surface area is 219 Å². The van der Waals surface area contributed by atoms with E-state index in [4.69, 9.17) is 11.6 Å². The maximum Gasteiger partial charge on any atom is 0.257 e. The predicted octanol–water partition coefficient (Wildman–Crippen LogP) is 4.95. The third kappa shape index (κ3) is 6.43. The Balaban J connectivity index is 1.54. The van der Waals surface area contributed by atoms with Gasteiger partial charge in [0.05, 0.1) is 11.6 Å². The highest BCUT2D eigenvalue weighted by Gasteiger charge is 2.19. The molecule has 8 heteroatoms. The van der Waals surface area contributed by atoms with Crippen LogP contribution in [0.1, 0.15) is 40.0 Å². The van der Waals surface area contributed by atoms with Crippen molar-refractivity contribution in [2.24, 2.45) is 0 Å². The van der Waals surface area contributed by atoms with Gasteiger partial charge in [-0.05, 0) is 73.4 Å². The molecule has 0 saturated heterocycles. The van der Waals surface area contributed by atoms with Crippen molar-refractivity contribution < 1.29 is 14.0 Å². The summed E-state index contributed by atoms with van der Waals surface area (Å²) in [5.74, 6) is -1.19. The number of hydrogen-bond donors (Lipinski definition) is 2. The van der Waals surface area contributed by atoms with Crippen molar-refractivity contribution in [1.82, 2.24) is 15.2 Å². The normalized spacial score (nSPS) is 11.8. The number of fused-ring (bicyclic) bond motifs is 1. The van der Waals surface area contributed by atoms with E-state index >= 15 is 0 Å². The molecule has 1 atom stereocenters. The molecule has 2 amide bonds. The summed E-state index contributed by atoms with van der Waals surface area (Å²) in [6.07, 6.45) is 2.07. The molecule has 0 spiro atoms. The van der Waals surface area contributed by atoms with Gasteiger partial charge < -0.3 is 15.2 Å². The lowest BCUT2D eigenvalue weighted by molar-refractivity contribution is -0.121. The first kappa shape index (κ1) is 26.1. The van der Waals surface area contributed by atoms with E-state index in [0.717, 1.165) is 11.1 Å². The second-order valence-corrected chi connectivity index (χ2v) is 9.43. The molecule has 0 radical (unpaired) electrons. The van der Waals surface area contributed by atoms with Crippen molar-refractivity contribution in [2.75, 3.05) is 6.54 Å². The van der Waals surface area contributed by atoms with Crippen LogP contribution in [-0.4, -0.2) is 22.9 Å². The first-order valence-electron chi connectivity index (χ1n) is 11.9. The summed E-state index contributed by atoms with van der Waals surface area (Å²) in [5, 5.41) is 6.70. The molecule has 0 unspecified atom stereocenters. The zero-order valence-corrected chi connectivity index (χ0v) is 21.3. The van der Waals surface area contributed by atoms with Gasteiger partial charge in [-0.25, -0.2) is 4.39 Å². The summed E-state index contributed by atoms with van der Waals surface area (Å²) < 4.78 is 14.9. The van der Waals surface area contributed by atoms with Gasteiger partial charge in [0, 0.05) is 23.2 Å². The number of aromatic nitrogens is 1. The number of pyridine rings is 1. The molecule has 0 bridgehead atoms. The highest BCUT2D eigenvalue weighted by molar-refractivity contribution is 6.30. The van der Waals surface area contributed by atoms with Crippen molar-refractivity contribution in [1.29, 1.82) is 0 Å². The van der Waals surface area contributed by atoms with Crippen LogP contribution in [0.5, 0.6) is 0 Å². The van der Waals surface area contributed by atoms with Gasteiger partial charge in [-0.1, -0.05) is 41.9 Å². The van der Waals surface area contributed by atoms with Gasteiger partial charge in [-0.2, -0.15) is 0 Å². The van der Waals surface area contributed by atoms with Crippen LogP contribution in [0, 0.1) is 12.7 Å². The molecule has 1 aromatic heterocycles. The van der Waals surface area contributed by atoms with Crippen molar-refractivity contribution in [3.05, 3.63) is 116 Å². The van der Waals surface area contributed by atoms with Crippen LogP contribution in [0.25, 0.3) is 10.9 Å². The number of nitrogens with zero attached hydrogens (tertiary/aromatic N) is 1. The van der Waals surface area contributed by atoms with E-state index in [1.807, 2.05) is 25.1 Å². The molecule has 2 N–H and O–H groups in total. The SMILES string of the molecule is Cc1ccc2c(=O)c(C(=O)N[C@@H](C)c3ccc(F)cc3)cn(CC(=O)NCCc3ccc(Cl)cc3)c2c1. The highest BCUT2D eigenvalue weighted by atomic mass is 35.5.